The highest BCUT2D eigenvalue weighted by Crippen LogP contribution is 2.52. The lowest BCUT2D eigenvalue weighted by molar-refractivity contribution is 0.487. The van der Waals surface area contributed by atoms with Crippen LogP contribution in [-0.4, -0.2) is 24.3 Å². The molecule has 2 aliphatic rings. The SMILES string of the molecule is [2H]C([2H])([2H])c1ccnc(-n2c3ccccc3c3c4c(c(Oc5cccc(N6CN(c7c(-c8ccccc8)cccc7-c7ccccc7-c7ccccc7)c7ccccc76)c5)cc32)[Si](c2ccccc2)(c2ccccc2)c2ccccc2-4)c1. The molecule has 0 unspecified atom stereocenters. The monoisotopic (exact) mass is 1030 g/mol. The quantitative estimate of drug-likeness (QED) is 0.128. The lowest BCUT2D eigenvalue weighted by Gasteiger charge is -2.32. The third kappa shape index (κ3) is 7.40. The molecule has 6 heteroatoms. The Hall–Kier alpha value is -10.0. The molecule has 13 aromatic rings. The van der Waals surface area contributed by atoms with Crippen LogP contribution < -0.4 is 35.3 Å². The van der Waals surface area contributed by atoms with Gasteiger partial charge < -0.3 is 14.5 Å². The number of aromatic nitrogens is 2. The van der Waals surface area contributed by atoms with Crippen LogP contribution in [0.2, 0.25) is 0 Å². The Balaban J connectivity index is 0.938. The van der Waals surface area contributed by atoms with Gasteiger partial charge >= 0.3 is 0 Å². The summed E-state index contributed by atoms with van der Waals surface area (Å²) >= 11 is 0. The number of fused-ring (bicyclic) bond motifs is 8. The number of hydrogen-bond acceptors (Lipinski definition) is 4. The van der Waals surface area contributed by atoms with Crippen LogP contribution in [0.5, 0.6) is 11.5 Å². The molecule has 0 aliphatic carbocycles. The number of pyridine rings is 1. The summed E-state index contributed by atoms with van der Waals surface area (Å²) in [6.45, 7) is -1.80. The van der Waals surface area contributed by atoms with Gasteiger partial charge in [-0.05, 0) is 104 Å². The Labute approximate surface area is 465 Å². The summed E-state index contributed by atoms with van der Waals surface area (Å²) in [7, 11) is -3.20. The van der Waals surface area contributed by atoms with Crippen LogP contribution in [0.25, 0.3) is 72.1 Å². The second-order valence-corrected chi connectivity index (χ2v) is 24.1. The zero-order valence-corrected chi connectivity index (χ0v) is 44.0. The van der Waals surface area contributed by atoms with Crippen molar-refractivity contribution in [3.05, 3.63) is 291 Å². The van der Waals surface area contributed by atoms with E-state index in [1.165, 1.54) is 21.1 Å². The van der Waals surface area contributed by atoms with E-state index in [4.69, 9.17) is 13.8 Å². The van der Waals surface area contributed by atoms with Crippen molar-refractivity contribution in [1.82, 2.24) is 9.55 Å². The van der Waals surface area contributed by atoms with Gasteiger partial charge in [0.05, 0.1) is 28.1 Å². The van der Waals surface area contributed by atoms with Gasteiger partial charge in [-0.2, -0.15) is 0 Å². The van der Waals surface area contributed by atoms with Gasteiger partial charge in [0.25, 0.3) is 0 Å². The standard InChI is InChI=1S/C73H52N4OSi/c1-50-44-45-74-69(46-50)77-63-40-18-16-36-61(63)70-66(77)48-67(73-71(70)62-37-17-21-43-68(62)79(73,55-30-10-4-11-31-55)56-32-12-5-13-33-56)78-54-29-22-28-53(47-54)75-49-76(65-42-20-19-41-64(65)75)72-58(52-26-8-3-9-27-52)38-23-39-60(72)59-35-15-14-34-57(59)51-24-6-2-7-25-51/h2-48H,49H2,1H3/i1D3. The van der Waals surface area contributed by atoms with E-state index in [9.17, 15) is 0 Å². The number of rotatable bonds is 10. The van der Waals surface area contributed by atoms with Crippen LogP contribution in [0.4, 0.5) is 22.7 Å². The third-order valence-corrected chi connectivity index (χ3v) is 21.0. The van der Waals surface area contributed by atoms with E-state index < -0.39 is 14.9 Å². The molecule has 5 nitrogen and oxygen atoms in total. The molecule has 0 fully saturated rings. The Morgan fingerprint density at radius 1 is 0.468 bits per heavy atom. The summed E-state index contributed by atoms with van der Waals surface area (Å²) in [5.74, 6) is 1.93. The van der Waals surface area contributed by atoms with E-state index in [1.54, 1.807) is 18.3 Å². The molecule has 0 N–H and O–H groups in total. The second kappa shape index (κ2) is 18.9. The molecule has 0 bridgehead atoms. The summed E-state index contributed by atoms with van der Waals surface area (Å²) in [5, 5.41) is 7.05. The van der Waals surface area contributed by atoms with Crippen molar-refractivity contribution in [1.29, 1.82) is 0 Å². The van der Waals surface area contributed by atoms with E-state index in [1.807, 2.05) is 6.07 Å². The van der Waals surface area contributed by atoms with E-state index in [-0.39, 0.29) is 5.56 Å². The molecule has 15 rings (SSSR count). The third-order valence-electron chi connectivity index (χ3n) is 16.1. The minimum atomic E-state index is -3.20. The van der Waals surface area contributed by atoms with Gasteiger partial charge in [-0.15, -0.1) is 0 Å². The minimum absolute atomic E-state index is 0.224. The van der Waals surface area contributed by atoms with Crippen LogP contribution in [0.3, 0.4) is 0 Å². The van der Waals surface area contributed by atoms with Crippen LogP contribution in [0.1, 0.15) is 9.68 Å². The highest BCUT2D eigenvalue weighted by Gasteiger charge is 2.52. The first kappa shape index (κ1) is 43.1. The number of hydrogen-bond donors (Lipinski definition) is 0. The zero-order valence-electron chi connectivity index (χ0n) is 46.0. The predicted molar refractivity (Wildman–Crippen MR) is 331 cm³/mol. The maximum absolute atomic E-state index is 8.45. The average molecular weight is 1030 g/mol. The fourth-order valence-corrected chi connectivity index (χ4v) is 18.1. The molecule has 2 aromatic heterocycles. The molecule has 4 heterocycles. The van der Waals surface area contributed by atoms with Crippen molar-refractivity contribution < 1.29 is 8.85 Å². The van der Waals surface area contributed by atoms with Crippen molar-refractivity contribution in [2.75, 3.05) is 16.5 Å². The van der Waals surface area contributed by atoms with Crippen molar-refractivity contribution in [2.24, 2.45) is 0 Å². The van der Waals surface area contributed by atoms with Gasteiger partial charge in [0, 0.05) is 55.2 Å². The molecule has 11 aromatic carbocycles. The highest BCUT2D eigenvalue weighted by atomic mass is 28.3. The van der Waals surface area contributed by atoms with Gasteiger partial charge in [0.1, 0.15) is 24.0 Å². The maximum atomic E-state index is 8.45. The van der Waals surface area contributed by atoms with Crippen LogP contribution in [0.15, 0.2) is 285 Å². The molecular weight excluding hydrogens is 977 g/mol. The molecule has 374 valence electrons. The first-order valence-electron chi connectivity index (χ1n) is 28.4. The topological polar surface area (TPSA) is 33.5 Å². The molecule has 0 amide bonds. The highest BCUT2D eigenvalue weighted by molar-refractivity contribution is 7.22. The summed E-state index contributed by atoms with van der Waals surface area (Å²) in [6, 6.07) is 98.9. The second-order valence-electron chi connectivity index (χ2n) is 20.4. The molecule has 0 spiro atoms. The molecule has 79 heavy (non-hydrogen) atoms. The van der Waals surface area contributed by atoms with Gasteiger partial charge in [-0.25, -0.2) is 4.98 Å². The number of para-hydroxylation sites is 4. The van der Waals surface area contributed by atoms with Crippen molar-refractivity contribution in [3.8, 4) is 61.8 Å². The summed E-state index contributed by atoms with van der Waals surface area (Å²) < 4.78 is 35.2. The minimum Gasteiger partial charge on any atom is -0.457 e. The first-order chi connectivity index (χ1) is 40.3. The van der Waals surface area contributed by atoms with E-state index in [2.05, 4.69) is 275 Å². The number of ether oxygens (including phenoxy) is 1. The van der Waals surface area contributed by atoms with Gasteiger partial charge in [-0.3, -0.25) is 4.57 Å². The van der Waals surface area contributed by atoms with Crippen LogP contribution >= 0.6 is 0 Å². The Kier molecular flexibility index (Phi) is 10.3. The average Bonchev–Trinajstić information content (AvgIpc) is 1.82. The molecule has 0 atom stereocenters. The van der Waals surface area contributed by atoms with E-state index >= 15 is 0 Å². The summed E-state index contributed by atoms with van der Waals surface area (Å²) in [6.07, 6.45) is 1.61. The Morgan fingerprint density at radius 2 is 1.05 bits per heavy atom. The number of nitrogens with zero attached hydrogens (tertiary/aromatic N) is 4. The fraction of sp³-hybridized carbons (Fsp3) is 0.0274. The molecule has 2 aliphatic heterocycles. The Bertz CT molecular complexity index is 4550. The predicted octanol–water partition coefficient (Wildman–Crippen LogP) is 15.9. The van der Waals surface area contributed by atoms with Gasteiger partial charge in [-0.1, -0.05) is 224 Å². The lowest BCUT2D eigenvalue weighted by Crippen LogP contribution is -2.73. The maximum Gasteiger partial charge on any atom is 0.185 e. The van der Waals surface area contributed by atoms with Crippen LogP contribution in [-0.2, 0) is 0 Å². The Morgan fingerprint density at radius 3 is 1.78 bits per heavy atom. The van der Waals surface area contributed by atoms with Gasteiger partial charge in [0.15, 0.2) is 8.07 Å². The summed E-state index contributed by atoms with van der Waals surface area (Å²) in [4.78, 5) is 9.79. The normalized spacial score (nSPS) is 13.8. The largest absolute Gasteiger partial charge is 0.457 e. The first-order valence-corrected chi connectivity index (χ1v) is 28.9. The van der Waals surface area contributed by atoms with E-state index in [0.717, 1.165) is 94.4 Å². The molecule has 0 saturated heterocycles. The summed E-state index contributed by atoms with van der Waals surface area (Å²) in [5.41, 5.74) is 15.5. The molecule has 0 radical (unpaired) electrons. The van der Waals surface area contributed by atoms with Crippen molar-refractivity contribution in [3.63, 3.8) is 0 Å². The van der Waals surface area contributed by atoms with E-state index in [0.29, 0.717) is 18.2 Å². The number of anilines is 4. The van der Waals surface area contributed by atoms with Gasteiger partial charge in [0.2, 0.25) is 0 Å². The number of benzene rings is 11. The molecule has 0 saturated carbocycles. The van der Waals surface area contributed by atoms with Crippen molar-refractivity contribution >= 4 is 73.4 Å². The molecular formula is C73H52N4OSi. The zero-order chi connectivity index (χ0) is 54.9. The van der Waals surface area contributed by atoms with Crippen LogP contribution in [0, 0.1) is 6.85 Å². The lowest BCUT2D eigenvalue weighted by atomic mass is 9.90. The smallest absolute Gasteiger partial charge is 0.185 e. The van der Waals surface area contributed by atoms with Crippen molar-refractivity contribution in [2.45, 2.75) is 6.85 Å². The fourth-order valence-electron chi connectivity index (χ4n) is 12.9. The number of aryl methyl sites for hydroxylation is 1.